The summed E-state index contributed by atoms with van der Waals surface area (Å²) in [7, 11) is 0. The predicted molar refractivity (Wildman–Crippen MR) is 253 cm³/mol. The van der Waals surface area contributed by atoms with E-state index in [1.807, 2.05) is 12.1 Å². The number of hydrogen-bond donors (Lipinski definition) is 0. The summed E-state index contributed by atoms with van der Waals surface area (Å²) in [6.45, 7) is 6.59. The predicted octanol–water partition coefficient (Wildman–Crippen LogP) is 14.6. The Balaban J connectivity index is 1.18. The molecular weight excluding hydrogens is 753 g/mol. The molecule has 1 atom stereocenters. The molecule has 3 nitrogen and oxygen atoms in total. The second kappa shape index (κ2) is 12.8. The maximum absolute atomic E-state index is 6.67. The van der Waals surface area contributed by atoms with Crippen LogP contribution < -0.4 is 0 Å². The van der Waals surface area contributed by atoms with E-state index >= 15 is 0 Å². The highest BCUT2D eigenvalue weighted by atomic mass is 16.3. The molecule has 0 bridgehead atoms. The second-order valence-electron chi connectivity index (χ2n) is 16.8. The molecule has 0 radical (unpaired) electrons. The van der Waals surface area contributed by atoms with Crippen LogP contribution in [0, 0.1) is 0 Å². The zero-order chi connectivity index (χ0) is 41.2. The number of fused-ring (bicyclic) bond motifs is 18. The Morgan fingerprint density at radius 2 is 1.11 bits per heavy atom. The van der Waals surface area contributed by atoms with Crippen molar-refractivity contribution in [2.45, 2.75) is 17.8 Å². The van der Waals surface area contributed by atoms with E-state index in [4.69, 9.17) is 14.4 Å². The molecule has 2 aromatic heterocycles. The number of aromatic nitrogens is 2. The first-order valence-electron chi connectivity index (χ1n) is 21.4. The number of allylic oxidation sites excluding steroid dienone is 5. The summed E-state index contributed by atoms with van der Waals surface area (Å²) < 4.78 is 6.67. The molecule has 0 saturated carbocycles. The van der Waals surface area contributed by atoms with Crippen molar-refractivity contribution in [1.29, 1.82) is 0 Å². The molecule has 2 spiro atoms. The number of furan rings is 1. The number of para-hydroxylation sites is 2. The Kier molecular flexibility index (Phi) is 7.22. The van der Waals surface area contributed by atoms with Gasteiger partial charge in [0.2, 0.25) is 0 Å². The fraction of sp³-hybridized carbons (Fsp3) is 0.0508. The SMILES string of the molecule is C=C/C=C\C1=C(C)C2(c3ccccc3-c3ccccc32)c2ccccc2C12c1ccc(-c3nc(-c4ccccc4)c4ccccc4n3)cc1-c1c2ccc2oc3ccccc3c12. The maximum atomic E-state index is 6.67. The minimum absolute atomic E-state index is 0.516. The highest BCUT2D eigenvalue weighted by Crippen LogP contribution is 2.68. The van der Waals surface area contributed by atoms with Gasteiger partial charge in [0.25, 0.3) is 0 Å². The highest BCUT2D eigenvalue weighted by molar-refractivity contribution is 6.16. The molecule has 0 saturated heterocycles. The summed E-state index contributed by atoms with van der Waals surface area (Å²) in [4.78, 5) is 10.6. The van der Waals surface area contributed by atoms with E-state index in [1.54, 1.807) is 0 Å². The third-order valence-corrected chi connectivity index (χ3v) is 14.0. The zero-order valence-corrected chi connectivity index (χ0v) is 34.1. The number of nitrogens with zero attached hydrogens (tertiary/aromatic N) is 2. The molecule has 3 aliphatic rings. The Bertz CT molecular complexity index is 3580. The maximum Gasteiger partial charge on any atom is 0.160 e. The van der Waals surface area contributed by atoms with Gasteiger partial charge in [0.05, 0.1) is 22.0 Å². The lowest BCUT2D eigenvalue weighted by Crippen LogP contribution is -2.43. The van der Waals surface area contributed by atoms with E-state index in [0.29, 0.717) is 5.82 Å². The lowest BCUT2D eigenvalue weighted by molar-refractivity contribution is 0.623. The summed E-state index contributed by atoms with van der Waals surface area (Å²) in [5.74, 6) is 0.692. The first kappa shape index (κ1) is 34.9. The van der Waals surface area contributed by atoms with Gasteiger partial charge in [-0.3, -0.25) is 0 Å². The Hall–Kier alpha value is -7.88. The van der Waals surface area contributed by atoms with Crippen LogP contribution in [-0.2, 0) is 10.8 Å². The number of rotatable bonds is 4. The van der Waals surface area contributed by atoms with Gasteiger partial charge in [-0.15, -0.1) is 0 Å². The molecule has 3 aliphatic carbocycles. The van der Waals surface area contributed by atoms with Gasteiger partial charge in [-0.25, -0.2) is 9.97 Å². The van der Waals surface area contributed by atoms with Gasteiger partial charge in [0.1, 0.15) is 11.2 Å². The topological polar surface area (TPSA) is 38.9 Å². The zero-order valence-electron chi connectivity index (χ0n) is 34.1. The summed E-state index contributed by atoms with van der Waals surface area (Å²) in [6, 6.07) is 65.9. The summed E-state index contributed by atoms with van der Waals surface area (Å²) in [6.07, 6.45) is 6.37. The van der Waals surface area contributed by atoms with Crippen LogP contribution in [0.25, 0.3) is 77.7 Å². The van der Waals surface area contributed by atoms with Crippen molar-refractivity contribution >= 4 is 32.8 Å². The molecule has 3 heteroatoms. The van der Waals surface area contributed by atoms with Gasteiger partial charge >= 0.3 is 0 Å². The van der Waals surface area contributed by atoms with Gasteiger partial charge in [-0.1, -0.05) is 183 Å². The van der Waals surface area contributed by atoms with E-state index in [-0.39, 0.29) is 0 Å². The molecule has 10 aromatic rings. The number of benzene rings is 8. The van der Waals surface area contributed by atoms with E-state index in [0.717, 1.165) is 55.2 Å². The van der Waals surface area contributed by atoms with E-state index < -0.39 is 10.8 Å². The van der Waals surface area contributed by atoms with Gasteiger partial charge in [-0.05, 0) is 98.0 Å². The van der Waals surface area contributed by atoms with Crippen molar-refractivity contribution in [1.82, 2.24) is 9.97 Å². The van der Waals surface area contributed by atoms with Crippen LogP contribution in [-0.4, -0.2) is 9.97 Å². The average Bonchev–Trinajstić information content (AvgIpc) is 3.96. The Morgan fingerprint density at radius 3 is 1.87 bits per heavy atom. The van der Waals surface area contributed by atoms with Crippen molar-refractivity contribution in [2.75, 3.05) is 0 Å². The first-order chi connectivity index (χ1) is 30.6. The lowest BCUT2D eigenvalue weighted by Gasteiger charge is -2.49. The lowest BCUT2D eigenvalue weighted by atomic mass is 9.52. The summed E-state index contributed by atoms with van der Waals surface area (Å²) >= 11 is 0. The van der Waals surface area contributed by atoms with Crippen LogP contribution in [0.3, 0.4) is 0 Å². The fourth-order valence-corrected chi connectivity index (χ4v) is 11.7. The standard InChI is InChI=1S/C59H38N2O/c1-3-4-24-44-36(2)58(45-25-12-8-20-39(45)40-21-9-13-26-46(40)58)48-27-14-15-28-49(48)59(44)47-32-31-38(57-60-51-29-16-10-22-41(51)56(61-57)37-18-6-5-7-19-37)35-43(47)54-50(59)33-34-53-55(54)42-23-11-17-30-52(42)62-53/h3-35H,1H2,2H3/b24-4-. The van der Waals surface area contributed by atoms with Gasteiger partial charge in [0, 0.05) is 27.3 Å². The molecule has 0 fully saturated rings. The van der Waals surface area contributed by atoms with Gasteiger partial charge < -0.3 is 4.42 Å². The van der Waals surface area contributed by atoms with Crippen molar-refractivity contribution in [3.8, 4) is 44.9 Å². The summed E-state index contributed by atoms with van der Waals surface area (Å²) in [5.41, 5.74) is 19.5. The van der Waals surface area contributed by atoms with Gasteiger partial charge in [0.15, 0.2) is 5.82 Å². The van der Waals surface area contributed by atoms with Crippen LogP contribution in [0.5, 0.6) is 0 Å². The Morgan fingerprint density at radius 1 is 0.500 bits per heavy atom. The van der Waals surface area contributed by atoms with Crippen LogP contribution in [0.15, 0.2) is 222 Å². The molecule has 0 amide bonds. The van der Waals surface area contributed by atoms with Crippen LogP contribution in [0.1, 0.15) is 40.3 Å². The molecular formula is C59H38N2O. The van der Waals surface area contributed by atoms with Crippen molar-refractivity contribution < 1.29 is 4.42 Å². The Labute approximate surface area is 359 Å². The molecule has 0 N–H and O–H groups in total. The van der Waals surface area contributed by atoms with Crippen molar-refractivity contribution in [3.05, 3.63) is 251 Å². The van der Waals surface area contributed by atoms with E-state index in [2.05, 4.69) is 202 Å². The van der Waals surface area contributed by atoms with Crippen LogP contribution in [0.4, 0.5) is 0 Å². The summed E-state index contributed by atoms with van der Waals surface area (Å²) in [5, 5.41) is 3.25. The third-order valence-electron chi connectivity index (χ3n) is 14.0. The molecule has 290 valence electrons. The molecule has 8 aromatic carbocycles. The van der Waals surface area contributed by atoms with Crippen LogP contribution >= 0.6 is 0 Å². The second-order valence-corrected chi connectivity index (χ2v) is 16.8. The quantitative estimate of drug-likeness (QED) is 0.167. The fourth-order valence-electron chi connectivity index (χ4n) is 11.7. The minimum Gasteiger partial charge on any atom is -0.456 e. The number of hydrogen-bond acceptors (Lipinski definition) is 3. The smallest absolute Gasteiger partial charge is 0.160 e. The molecule has 1 unspecified atom stereocenters. The molecule has 0 aliphatic heterocycles. The normalized spacial score (nSPS) is 16.6. The van der Waals surface area contributed by atoms with Crippen molar-refractivity contribution in [2.24, 2.45) is 0 Å². The largest absolute Gasteiger partial charge is 0.456 e. The van der Waals surface area contributed by atoms with E-state index in [1.165, 1.54) is 61.2 Å². The first-order valence-corrected chi connectivity index (χ1v) is 21.4. The molecule has 62 heavy (non-hydrogen) atoms. The van der Waals surface area contributed by atoms with Crippen LogP contribution in [0.2, 0.25) is 0 Å². The van der Waals surface area contributed by atoms with E-state index in [9.17, 15) is 0 Å². The average molecular weight is 791 g/mol. The highest BCUT2D eigenvalue weighted by Gasteiger charge is 2.58. The monoisotopic (exact) mass is 790 g/mol. The molecule has 13 rings (SSSR count). The minimum atomic E-state index is -0.687. The third kappa shape index (κ3) is 4.34. The molecule has 2 heterocycles. The van der Waals surface area contributed by atoms with Crippen molar-refractivity contribution in [3.63, 3.8) is 0 Å². The van der Waals surface area contributed by atoms with Gasteiger partial charge in [-0.2, -0.15) is 0 Å².